The number of carbonyl (C=O) groups is 3. The number of ether oxygens (including phenoxy) is 2. The van der Waals surface area contributed by atoms with Crippen LogP contribution in [0.3, 0.4) is 0 Å². The van der Waals surface area contributed by atoms with Crippen molar-refractivity contribution in [3.8, 4) is 0 Å². The molecule has 2 amide bonds. The first-order valence-electron chi connectivity index (χ1n) is 13.9. The van der Waals surface area contributed by atoms with Crippen molar-refractivity contribution in [3.63, 3.8) is 0 Å². The number of hydrogen-bond acceptors (Lipinski definition) is 8. The van der Waals surface area contributed by atoms with Crippen molar-refractivity contribution >= 4 is 29.5 Å². The van der Waals surface area contributed by atoms with E-state index < -0.39 is 33.4 Å². The van der Waals surface area contributed by atoms with E-state index in [0.717, 1.165) is 19.5 Å². The number of likely N-dealkylation sites (tertiary alicyclic amines) is 1. The van der Waals surface area contributed by atoms with Crippen molar-refractivity contribution in [3.05, 3.63) is 25.3 Å². The highest BCUT2D eigenvalue weighted by Gasteiger charge is 2.78. The zero-order chi connectivity index (χ0) is 27.5. The van der Waals surface area contributed by atoms with Crippen LogP contribution in [0, 0.1) is 11.8 Å². The Balaban J connectivity index is 1.67. The van der Waals surface area contributed by atoms with Gasteiger partial charge < -0.3 is 24.4 Å². The molecule has 0 aromatic carbocycles. The van der Waals surface area contributed by atoms with Gasteiger partial charge in [0.1, 0.15) is 6.04 Å². The minimum absolute atomic E-state index is 0.127. The number of aliphatic hydroxyl groups is 1. The highest BCUT2D eigenvalue weighted by Crippen LogP contribution is 2.71. The molecular weight excluding hydrogens is 506 g/mol. The van der Waals surface area contributed by atoms with Crippen LogP contribution in [0.2, 0.25) is 0 Å². The smallest absolute Gasteiger partial charge is 0.311 e. The average molecular weight is 550 g/mol. The Morgan fingerprint density at radius 3 is 2.66 bits per heavy atom. The van der Waals surface area contributed by atoms with Gasteiger partial charge in [-0.15, -0.1) is 24.9 Å². The first-order valence-corrected chi connectivity index (χ1v) is 14.7. The lowest BCUT2D eigenvalue weighted by Gasteiger charge is -2.40. The molecular formula is C28H43N3O6S. The molecule has 4 aliphatic heterocycles. The number of nitrogens with zero attached hydrogens (tertiary/aromatic N) is 3. The predicted molar refractivity (Wildman–Crippen MR) is 147 cm³/mol. The number of amides is 2. The van der Waals surface area contributed by atoms with Gasteiger partial charge in [0.2, 0.25) is 11.8 Å². The van der Waals surface area contributed by atoms with Crippen LogP contribution in [-0.2, 0) is 23.9 Å². The van der Waals surface area contributed by atoms with Gasteiger partial charge in [-0.1, -0.05) is 19.1 Å². The third-order valence-corrected chi connectivity index (χ3v) is 10.8. The van der Waals surface area contributed by atoms with Crippen LogP contribution >= 0.6 is 11.8 Å². The molecule has 10 heteroatoms. The summed E-state index contributed by atoms with van der Waals surface area (Å²) in [4.78, 5) is 47.7. The minimum atomic E-state index is -0.750. The first-order chi connectivity index (χ1) is 18.3. The lowest BCUT2D eigenvalue weighted by molar-refractivity contribution is -0.156. The van der Waals surface area contributed by atoms with Gasteiger partial charge in [0, 0.05) is 37.5 Å². The Hall–Kier alpha value is -1.88. The van der Waals surface area contributed by atoms with E-state index in [0.29, 0.717) is 52.1 Å². The molecule has 0 aromatic rings. The molecule has 6 atom stereocenters. The van der Waals surface area contributed by atoms with Gasteiger partial charge in [0.25, 0.3) is 0 Å². The summed E-state index contributed by atoms with van der Waals surface area (Å²) < 4.78 is 9.85. The summed E-state index contributed by atoms with van der Waals surface area (Å²) in [5, 5.41) is 10.3. The summed E-state index contributed by atoms with van der Waals surface area (Å²) >= 11 is 1.63. The van der Waals surface area contributed by atoms with Gasteiger partial charge in [-0.25, -0.2) is 0 Å². The third-order valence-electron chi connectivity index (χ3n) is 8.80. The molecule has 4 heterocycles. The van der Waals surface area contributed by atoms with Crippen molar-refractivity contribution in [2.45, 2.75) is 61.1 Å². The quantitative estimate of drug-likeness (QED) is 0.211. The molecule has 212 valence electrons. The topological polar surface area (TPSA) is 99.6 Å². The maximum atomic E-state index is 14.4. The van der Waals surface area contributed by atoms with Gasteiger partial charge in [-0.05, 0) is 32.6 Å². The maximum Gasteiger partial charge on any atom is 0.311 e. The molecule has 4 rings (SSSR count). The molecule has 4 fully saturated rings. The van der Waals surface area contributed by atoms with Crippen molar-refractivity contribution in [2.24, 2.45) is 11.8 Å². The van der Waals surface area contributed by atoms with Crippen molar-refractivity contribution in [2.75, 3.05) is 59.2 Å². The fourth-order valence-electron chi connectivity index (χ4n) is 6.85. The second-order valence-electron chi connectivity index (χ2n) is 11.0. The van der Waals surface area contributed by atoms with Crippen LogP contribution < -0.4 is 0 Å². The van der Waals surface area contributed by atoms with E-state index in [1.807, 2.05) is 13.8 Å². The Morgan fingerprint density at radius 1 is 1.29 bits per heavy atom. The van der Waals surface area contributed by atoms with Gasteiger partial charge in [0.05, 0.1) is 49.1 Å². The molecule has 2 bridgehead atoms. The number of carbonyl (C=O) groups excluding carboxylic acids is 3. The lowest BCUT2D eigenvalue weighted by Crippen LogP contribution is -2.58. The van der Waals surface area contributed by atoms with E-state index in [-0.39, 0.29) is 31.0 Å². The van der Waals surface area contributed by atoms with Gasteiger partial charge in [0.15, 0.2) is 0 Å². The number of morpholine rings is 1. The molecule has 0 radical (unpaired) electrons. The Morgan fingerprint density at radius 2 is 2.03 bits per heavy atom. The van der Waals surface area contributed by atoms with Crippen LogP contribution in [0.25, 0.3) is 0 Å². The highest BCUT2D eigenvalue weighted by atomic mass is 32.2. The summed E-state index contributed by atoms with van der Waals surface area (Å²) in [6.45, 7) is 16.1. The summed E-state index contributed by atoms with van der Waals surface area (Å²) in [5.74, 6) is -1.99. The number of thioether (sulfide) groups is 1. The Labute approximate surface area is 230 Å². The van der Waals surface area contributed by atoms with Crippen LogP contribution in [-0.4, -0.2) is 118 Å². The maximum absolute atomic E-state index is 14.4. The summed E-state index contributed by atoms with van der Waals surface area (Å²) in [7, 11) is 0. The number of aliphatic hydroxyl groups excluding tert-OH is 1. The molecule has 1 spiro atoms. The molecule has 0 aliphatic carbocycles. The van der Waals surface area contributed by atoms with Crippen LogP contribution in [0.4, 0.5) is 0 Å². The lowest BCUT2D eigenvalue weighted by atomic mass is 9.66. The summed E-state index contributed by atoms with van der Waals surface area (Å²) in [5.41, 5.74) is 0. The highest BCUT2D eigenvalue weighted by molar-refractivity contribution is 8.02. The summed E-state index contributed by atoms with van der Waals surface area (Å²) in [6, 6.07) is -1.24. The monoisotopic (exact) mass is 549 g/mol. The van der Waals surface area contributed by atoms with Crippen molar-refractivity contribution in [1.82, 2.24) is 14.7 Å². The largest absolute Gasteiger partial charge is 0.465 e. The van der Waals surface area contributed by atoms with Crippen LogP contribution in [0.1, 0.15) is 39.5 Å². The third kappa shape index (κ3) is 5.05. The fraction of sp³-hybridized carbons (Fsp3) is 0.750. The Kier molecular flexibility index (Phi) is 9.27. The molecule has 38 heavy (non-hydrogen) atoms. The zero-order valence-electron chi connectivity index (χ0n) is 22.8. The number of rotatable bonds is 13. The van der Waals surface area contributed by atoms with E-state index in [9.17, 15) is 19.5 Å². The SMILES string of the molecule is C=CCCOC(=O)[C@H]1[C@H]2C(=O)N([C@@H](CC)CO)C(C(=O)N(CC=C)CCN3CCOCC3)C23CC[C@]1(C)S3. The number of esters is 1. The van der Waals surface area contributed by atoms with Gasteiger partial charge in [-0.2, -0.15) is 0 Å². The molecule has 9 nitrogen and oxygen atoms in total. The van der Waals surface area contributed by atoms with E-state index in [1.165, 1.54) is 0 Å². The first kappa shape index (κ1) is 29.1. The summed E-state index contributed by atoms with van der Waals surface area (Å²) in [6.07, 6.45) is 5.87. The average Bonchev–Trinajstić information content (AvgIpc) is 3.48. The van der Waals surface area contributed by atoms with Crippen LogP contribution in [0.15, 0.2) is 25.3 Å². The fourth-order valence-corrected chi connectivity index (χ4v) is 9.17. The standard InChI is InChI=1S/C28H43N3O6S/c1-5-8-16-37-26(35)22-21-24(33)31(20(7-3)19-32)23(28(21)10-9-27(22,4)38-28)25(34)30(11-6-2)13-12-29-14-17-36-18-15-29/h5-6,20-23,32H,1-2,7-19H2,3-4H3/t20-,21-,22+,23?,27-,28?/m0/s1. The van der Waals surface area contributed by atoms with Crippen molar-refractivity contribution < 1.29 is 29.0 Å². The second-order valence-corrected chi connectivity index (χ2v) is 12.9. The number of fused-ring (bicyclic) bond motifs is 1. The van der Waals surface area contributed by atoms with Crippen LogP contribution in [0.5, 0.6) is 0 Å². The molecule has 4 saturated heterocycles. The molecule has 2 unspecified atom stereocenters. The molecule has 4 aliphatic rings. The molecule has 1 N–H and O–H groups in total. The van der Waals surface area contributed by atoms with Gasteiger partial charge >= 0.3 is 5.97 Å². The normalized spacial score (nSPS) is 33.2. The van der Waals surface area contributed by atoms with E-state index in [1.54, 1.807) is 33.7 Å². The minimum Gasteiger partial charge on any atom is -0.465 e. The van der Waals surface area contributed by atoms with E-state index >= 15 is 0 Å². The van der Waals surface area contributed by atoms with Crippen molar-refractivity contribution in [1.29, 1.82) is 0 Å². The van der Waals surface area contributed by atoms with E-state index in [2.05, 4.69) is 18.1 Å². The molecule has 0 aromatic heterocycles. The van der Waals surface area contributed by atoms with E-state index in [4.69, 9.17) is 9.47 Å². The number of hydrogen-bond donors (Lipinski definition) is 1. The zero-order valence-corrected chi connectivity index (χ0v) is 23.6. The molecule has 0 saturated carbocycles. The van der Waals surface area contributed by atoms with Gasteiger partial charge in [-0.3, -0.25) is 19.3 Å². The Bertz CT molecular complexity index is 922. The predicted octanol–water partition coefficient (Wildman–Crippen LogP) is 1.70. The second kappa shape index (κ2) is 12.1.